The summed E-state index contributed by atoms with van der Waals surface area (Å²) in [4.78, 5) is 16.6. The van der Waals surface area contributed by atoms with Crippen LogP contribution in [0.5, 0.6) is 0 Å². The fourth-order valence-corrected chi connectivity index (χ4v) is 3.64. The van der Waals surface area contributed by atoms with Crippen molar-refractivity contribution < 1.29 is 17.6 Å². The first-order chi connectivity index (χ1) is 12.8. The second-order valence-corrected chi connectivity index (χ2v) is 8.36. The second-order valence-electron chi connectivity index (χ2n) is 6.61. The molecule has 0 atom stereocenters. The molecule has 0 aromatic heterocycles. The van der Waals surface area contributed by atoms with Crippen LogP contribution >= 0.6 is 0 Å². The molecule has 1 amide bonds. The van der Waals surface area contributed by atoms with Crippen molar-refractivity contribution >= 4 is 21.6 Å². The van der Waals surface area contributed by atoms with Gasteiger partial charge in [0, 0.05) is 49.5 Å². The Balaban J connectivity index is 1.60. The van der Waals surface area contributed by atoms with Crippen LogP contribution in [-0.2, 0) is 16.6 Å². The monoisotopic (exact) mass is 391 g/mol. The number of piperazine rings is 1. The molecule has 144 valence electrons. The van der Waals surface area contributed by atoms with Crippen LogP contribution in [-0.4, -0.2) is 56.6 Å². The summed E-state index contributed by atoms with van der Waals surface area (Å²) < 4.78 is 38.9. The van der Waals surface area contributed by atoms with E-state index in [4.69, 9.17) is 0 Å². The van der Waals surface area contributed by atoms with Crippen LogP contribution in [0.15, 0.2) is 48.5 Å². The SMILES string of the molecule is CS(=O)(=O)Nc1cccc(C(=O)N2CCN(Cc3ccccc3F)CC2)c1. The molecule has 0 spiro atoms. The molecule has 1 saturated heterocycles. The van der Waals surface area contributed by atoms with Gasteiger partial charge in [0.25, 0.3) is 5.91 Å². The van der Waals surface area contributed by atoms with Gasteiger partial charge < -0.3 is 4.90 Å². The number of anilines is 1. The van der Waals surface area contributed by atoms with Gasteiger partial charge in [0.05, 0.1) is 6.26 Å². The number of nitrogens with one attached hydrogen (secondary N) is 1. The minimum atomic E-state index is -3.40. The molecule has 8 heteroatoms. The highest BCUT2D eigenvalue weighted by Gasteiger charge is 2.23. The normalized spacial score (nSPS) is 15.6. The number of hydrogen-bond acceptors (Lipinski definition) is 4. The average Bonchev–Trinajstić information content (AvgIpc) is 2.62. The third-order valence-corrected chi connectivity index (χ3v) is 5.03. The summed E-state index contributed by atoms with van der Waals surface area (Å²) in [7, 11) is -3.40. The number of sulfonamides is 1. The first-order valence-electron chi connectivity index (χ1n) is 8.65. The largest absolute Gasteiger partial charge is 0.336 e. The van der Waals surface area contributed by atoms with Gasteiger partial charge in [-0.3, -0.25) is 14.4 Å². The Bertz CT molecular complexity index is 925. The summed E-state index contributed by atoms with van der Waals surface area (Å²) in [5.74, 6) is -0.358. The molecule has 3 rings (SSSR count). The van der Waals surface area contributed by atoms with Crippen molar-refractivity contribution in [3.63, 3.8) is 0 Å². The molecule has 1 heterocycles. The van der Waals surface area contributed by atoms with E-state index in [0.29, 0.717) is 49.5 Å². The molecule has 27 heavy (non-hydrogen) atoms. The van der Waals surface area contributed by atoms with Crippen molar-refractivity contribution in [1.29, 1.82) is 0 Å². The van der Waals surface area contributed by atoms with Gasteiger partial charge in [-0.1, -0.05) is 24.3 Å². The molecule has 2 aromatic carbocycles. The fourth-order valence-electron chi connectivity index (χ4n) is 3.09. The van der Waals surface area contributed by atoms with Crippen molar-refractivity contribution in [2.75, 3.05) is 37.2 Å². The van der Waals surface area contributed by atoms with E-state index in [1.54, 1.807) is 35.2 Å². The Labute approximate surface area is 158 Å². The van der Waals surface area contributed by atoms with Gasteiger partial charge >= 0.3 is 0 Å². The lowest BCUT2D eigenvalue weighted by Crippen LogP contribution is -2.48. The van der Waals surface area contributed by atoms with Crippen LogP contribution in [0.4, 0.5) is 10.1 Å². The summed E-state index contributed by atoms with van der Waals surface area (Å²) in [5.41, 5.74) is 1.45. The number of rotatable bonds is 5. The van der Waals surface area contributed by atoms with Crippen molar-refractivity contribution in [3.8, 4) is 0 Å². The van der Waals surface area contributed by atoms with Gasteiger partial charge in [0.1, 0.15) is 5.82 Å². The average molecular weight is 391 g/mol. The first-order valence-corrected chi connectivity index (χ1v) is 10.5. The van der Waals surface area contributed by atoms with E-state index in [2.05, 4.69) is 9.62 Å². The standard InChI is InChI=1S/C19H22FN3O3S/c1-27(25,26)21-17-7-4-6-15(13-17)19(24)23-11-9-22(10-12-23)14-16-5-2-3-8-18(16)20/h2-8,13,21H,9-12,14H2,1H3. The molecule has 1 aliphatic rings. The molecule has 1 N–H and O–H groups in total. The molecule has 2 aromatic rings. The zero-order chi connectivity index (χ0) is 19.4. The summed E-state index contributed by atoms with van der Waals surface area (Å²) in [6, 6.07) is 13.2. The predicted molar refractivity (Wildman–Crippen MR) is 102 cm³/mol. The summed E-state index contributed by atoms with van der Waals surface area (Å²) in [6.45, 7) is 2.90. The number of carbonyl (C=O) groups is 1. The van der Waals surface area contributed by atoms with E-state index in [0.717, 1.165) is 6.26 Å². The van der Waals surface area contributed by atoms with E-state index in [-0.39, 0.29) is 11.7 Å². The molecule has 1 aliphatic heterocycles. The second kappa shape index (κ2) is 8.06. The lowest BCUT2D eigenvalue weighted by atomic mass is 10.1. The van der Waals surface area contributed by atoms with Gasteiger partial charge in [-0.15, -0.1) is 0 Å². The Kier molecular flexibility index (Phi) is 5.76. The Morgan fingerprint density at radius 1 is 1.07 bits per heavy atom. The number of carbonyl (C=O) groups excluding carboxylic acids is 1. The van der Waals surface area contributed by atoms with E-state index in [9.17, 15) is 17.6 Å². The molecule has 0 saturated carbocycles. The van der Waals surface area contributed by atoms with E-state index >= 15 is 0 Å². The maximum Gasteiger partial charge on any atom is 0.254 e. The molecule has 0 unspecified atom stereocenters. The topological polar surface area (TPSA) is 69.7 Å². The zero-order valence-electron chi connectivity index (χ0n) is 15.1. The lowest BCUT2D eigenvalue weighted by Gasteiger charge is -2.34. The van der Waals surface area contributed by atoms with E-state index in [1.807, 2.05) is 6.07 Å². The van der Waals surface area contributed by atoms with Gasteiger partial charge in [0.15, 0.2) is 0 Å². The third-order valence-electron chi connectivity index (χ3n) is 4.42. The predicted octanol–water partition coefficient (Wildman–Crippen LogP) is 2.16. The van der Waals surface area contributed by atoms with Crippen molar-refractivity contribution in [1.82, 2.24) is 9.80 Å². The van der Waals surface area contributed by atoms with Crippen LogP contribution in [0.2, 0.25) is 0 Å². The van der Waals surface area contributed by atoms with Gasteiger partial charge in [0.2, 0.25) is 10.0 Å². The van der Waals surface area contributed by atoms with Crippen LogP contribution < -0.4 is 4.72 Å². The summed E-state index contributed by atoms with van der Waals surface area (Å²) in [5, 5.41) is 0. The Hall–Kier alpha value is -2.45. The highest BCUT2D eigenvalue weighted by Crippen LogP contribution is 2.16. The molecule has 1 fully saturated rings. The van der Waals surface area contributed by atoms with Crippen molar-refractivity contribution in [2.45, 2.75) is 6.54 Å². The highest BCUT2D eigenvalue weighted by atomic mass is 32.2. The number of hydrogen-bond donors (Lipinski definition) is 1. The van der Waals surface area contributed by atoms with Crippen molar-refractivity contribution in [3.05, 3.63) is 65.5 Å². The number of benzene rings is 2. The van der Waals surface area contributed by atoms with E-state index < -0.39 is 10.0 Å². The van der Waals surface area contributed by atoms with Crippen LogP contribution in [0, 0.1) is 5.82 Å². The molecule has 0 bridgehead atoms. The maximum atomic E-state index is 13.8. The molecule has 0 radical (unpaired) electrons. The van der Waals surface area contributed by atoms with Gasteiger partial charge in [-0.25, -0.2) is 12.8 Å². The maximum absolute atomic E-state index is 13.8. The highest BCUT2D eigenvalue weighted by molar-refractivity contribution is 7.92. The lowest BCUT2D eigenvalue weighted by molar-refractivity contribution is 0.0627. The minimum absolute atomic E-state index is 0.141. The van der Waals surface area contributed by atoms with Crippen LogP contribution in [0.1, 0.15) is 15.9 Å². The number of halogens is 1. The third kappa shape index (κ3) is 5.27. The van der Waals surface area contributed by atoms with Gasteiger partial charge in [-0.2, -0.15) is 0 Å². The number of nitrogens with zero attached hydrogens (tertiary/aromatic N) is 2. The fraction of sp³-hybridized carbons (Fsp3) is 0.316. The quantitative estimate of drug-likeness (QED) is 0.848. The zero-order valence-corrected chi connectivity index (χ0v) is 15.9. The Morgan fingerprint density at radius 3 is 2.44 bits per heavy atom. The molecular formula is C19H22FN3O3S. The minimum Gasteiger partial charge on any atom is -0.336 e. The van der Waals surface area contributed by atoms with Gasteiger partial charge in [-0.05, 0) is 24.3 Å². The van der Waals surface area contributed by atoms with Crippen LogP contribution in [0.25, 0.3) is 0 Å². The summed E-state index contributed by atoms with van der Waals surface area (Å²) >= 11 is 0. The molecule has 0 aliphatic carbocycles. The summed E-state index contributed by atoms with van der Waals surface area (Å²) in [6.07, 6.45) is 1.07. The van der Waals surface area contributed by atoms with Crippen molar-refractivity contribution in [2.24, 2.45) is 0 Å². The van der Waals surface area contributed by atoms with E-state index in [1.165, 1.54) is 12.1 Å². The smallest absolute Gasteiger partial charge is 0.254 e. The molecule has 6 nitrogen and oxygen atoms in total. The first kappa shape index (κ1) is 19.3. The Morgan fingerprint density at radius 2 is 1.78 bits per heavy atom. The van der Waals surface area contributed by atoms with Crippen LogP contribution in [0.3, 0.4) is 0 Å². The molecular weight excluding hydrogens is 369 g/mol. The number of amides is 1.